The number of hydrogen-bond donors (Lipinski definition) is 3. The highest BCUT2D eigenvalue weighted by atomic mass is 16.5. The van der Waals surface area contributed by atoms with E-state index in [0.717, 1.165) is 21.8 Å². The molecule has 0 saturated carbocycles. The summed E-state index contributed by atoms with van der Waals surface area (Å²) in [5.41, 5.74) is 1.73. The number of nitrogens with one attached hydrogen (secondary N) is 1. The third kappa shape index (κ3) is 1.54. The summed E-state index contributed by atoms with van der Waals surface area (Å²) in [7, 11) is 0. The van der Waals surface area contributed by atoms with E-state index in [1.807, 2.05) is 6.92 Å². The Bertz CT molecular complexity index is 731. The molecule has 3 rings (SSSR count). The van der Waals surface area contributed by atoms with Crippen LogP contribution in [-0.2, 0) is 0 Å². The SMILES string of the molecule is CCOc1cc(O)cc2c1[nH]c1ccc(O)cc12. The van der Waals surface area contributed by atoms with Crippen LogP contribution >= 0.6 is 0 Å². The zero-order chi connectivity index (χ0) is 12.7. The first-order valence-corrected chi connectivity index (χ1v) is 5.79. The molecule has 0 unspecified atom stereocenters. The molecule has 0 fully saturated rings. The number of fused-ring (bicyclic) bond motifs is 3. The maximum Gasteiger partial charge on any atom is 0.147 e. The average Bonchev–Trinajstić information content (AvgIpc) is 2.68. The summed E-state index contributed by atoms with van der Waals surface area (Å²) in [6, 6.07) is 8.34. The second-order valence-electron chi connectivity index (χ2n) is 4.15. The minimum Gasteiger partial charge on any atom is -0.508 e. The maximum absolute atomic E-state index is 9.73. The first-order chi connectivity index (χ1) is 8.69. The lowest BCUT2D eigenvalue weighted by molar-refractivity contribution is 0.341. The Morgan fingerprint density at radius 3 is 2.61 bits per heavy atom. The van der Waals surface area contributed by atoms with E-state index in [1.54, 1.807) is 30.3 Å². The van der Waals surface area contributed by atoms with Crippen molar-refractivity contribution in [3.8, 4) is 17.2 Å². The third-order valence-electron chi connectivity index (χ3n) is 2.94. The molecule has 3 aromatic rings. The molecule has 0 atom stereocenters. The number of aromatic nitrogens is 1. The quantitative estimate of drug-likeness (QED) is 0.647. The average molecular weight is 243 g/mol. The van der Waals surface area contributed by atoms with Crippen molar-refractivity contribution < 1.29 is 14.9 Å². The standard InChI is InChI=1S/C14H13NO3/c1-2-18-13-7-9(17)6-11-10-5-8(16)3-4-12(10)15-14(11)13/h3-7,15-17H,2H2,1H3. The number of hydrogen-bond acceptors (Lipinski definition) is 3. The van der Waals surface area contributed by atoms with E-state index in [1.165, 1.54) is 0 Å². The second-order valence-corrected chi connectivity index (χ2v) is 4.15. The van der Waals surface area contributed by atoms with Gasteiger partial charge in [-0.2, -0.15) is 0 Å². The molecule has 0 aliphatic heterocycles. The molecule has 0 aliphatic rings. The number of phenols is 2. The molecule has 0 bridgehead atoms. The first-order valence-electron chi connectivity index (χ1n) is 5.79. The minimum atomic E-state index is 0.148. The third-order valence-corrected chi connectivity index (χ3v) is 2.94. The largest absolute Gasteiger partial charge is 0.508 e. The van der Waals surface area contributed by atoms with Gasteiger partial charge in [0.15, 0.2) is 0 Å². The van der Waals surface area contributed by atoms with E-state index < -0.39 is 0 Å². The van der Waals surface area contributed by atoms with Crippen LogP contribution in [0.3, 0.4) is 0 Å². The Labute approximate surface area is 103 Å². The van der Waals surface area contributed by atoms with E-state index in [2.05, 4.69) is 4.98 Å². The van der Waals surface area contributed by atoms with Crippen LogP contribution in [0.4, 0.5) is 0 Å². The molecule has 0 aliphatic carbocycles. The van der Waals surface area contributed by atoms with Gasteiger partial charge in [-0.3, -0.25) is 0 Å². The second kappa shape index (κ2) is 3.84. The van der Waals surface area contributed by atoms with Gasteiger partial charge in [0.05, 0.1) is 12.1 Å². The van der Waals surface area contributed by atoms with E-state index in [9.17, 15) is 10.2 Å². The highest BCUT2D eigenvalue weighted by Gasteiger charge is 2.11. The van der Waals surface area contributed by atoms with Gasteiger partial charge in [-0.1, -0.05) is 0 Å². The zero-order valence-corrected chi connectivity index (χ0v) is 9.90. The number of ether oxygens (including phenoxy) is 1. The predicted octanol–water partition coefficient (Wildman–Crippen LogP) is 3.13. The Hall–Kier alpha value is -2.36. The molecule has 1 aromatic heterocycles. The topological polar surface area (TPSA) is 65.5 Å². The molecular weight excluding hydrogens is 230 g/mol. The summed E-state index contributed by atoms with van der Waals surface area (Å²) in [5.74, 6) is 0.961. The minimum absolute atomic E-state index is 0.148. The van der Waals surface area contributed by atoms with Gasteiger partial charge < -0.3 is 19.9 Å². The van der Waals surface area contributed by atoms with E-state index in [0.29, 0.717) is 12.4 Å². The lowest BCUT2D eigenvalue weighted by atomic mass is 10.1. The molecule has 1 heterocycles. The molecule has 0 spiro atoms. The monoisotopic (exact) mass is 243 g/mol. The van der Waals surface area contributed by atoms with Crippen LogP contribution in [0.1, 0.15) is 6.92 Å². The lowest BCUT2D eigenvalue weighted by Gasteiger charge is -2.05. The number of aromatic hydroxyl groups is 2. The fourth-order valence-corrected chi connectivity index (χ4v) is 2.21. The van der Waals surface area contributed by atoms with Crippen LogP contribution in [0.25, 0.3) is 21.8 Å². The zero-order valence-electron chi connectivity index (χ0n) is 9.90. The van der Waals surface area contributed by atoms with Gasteiger partial charge >= 0.3 is 0 Å². The van der Waals surface area contributed by atoms with Crippen LogP contribution in [0.15, 0.2) is 30.3 Å². The normalized spacial score (nSPS) is 11.2. The van der Waals surface area contributed by atoms with Gasteiger partial charge in [0.1, 0.15) is 17.2 Å². The molecule has 0 amide bonds. The van der Waals surface area contributed by atoms with E-state index in [4.69, 9.17) is 4.74 Å². The number of H-pyrrole nitrogens is 1. The summed E-state index contributed by atoms with van der Waals surface area (Å²) in [5, 5.41) is 21.0. The summed E-state index contributed by atoms with van der Waals surface area (Å²) in [6.07, 6.45) is 0. The van der Waals surface area contributed by atoms with Crippen molar-refractivity contribution in [3.05, 3.63) is 30.3 Å². The number of aromatic amines is 1. The van der Waals surface area contributed by atoms with Crippen molar-refractivity contribution in [2.45, 2.75) is 6.92 Å². The van der Waals surface area contributed by atoms with E-state index in [-0.39, 0.29) is 11.5 Å². The molecule has 3 N–H and O–H groups in total. The molecule has 2 aromatic carbocycles. The molecule has 4 nitrogen and oxygen atoms in total. The molecule has 0 radical (unpaired) electrons. The van der Waals surface area contributed by atoms with Crippen molar-refractivity contribution >= 4 is 21.8 Å². The van der Waals surface area contributed by atoms with Crippen molar-refractivity contribution in [2.75, 3.05) is 6.61 Å². The smallest absolute Gasteiger partial charge is 0.147 e. The van der Waals surface area contributed by atoms with Crippen LogP contribution in [-0.4, -0.2) is 21.8 Å². The fraction of sp³-hybridized carbons (Fsp3) is 0.143. The van der Waals surface area contributed by atoms with Gasteiger partial charge in [0.2, 0.25) is 0 Å². The fourth-order valence-electron chi connectivity index (χ4n) is 2.21. The van der Waals surface area contributed by atoms with Crippen molar-refractivity contribution in [2.24, 2.45) is 0 Å². The number of rotatable bonds is 2. The van der Waals surface area contributed by atoms with Crippen LogP contribution in [0, 0.1) is 0 Å². The van der Waals surface area contributed by atoms with Crippen molar-refractivity contribution in [1.82, 2.24) is 4.98 Å². The van der Waals surface area contributed by atoms with E-state index >= 15 is 0 Å². The Morgan fingerprint density at radius 2 is 1.83 bits per heavy atom. The Balaban J connectivity index is 2.42. The first kappa shape index (κ1) is 10.8. The summed E-state index contributed by atoms with van der Waals surface area (Å²) >= 11 is 0. The highest BCUT2D eigenvalue weighted by Crippen LogP contribution is 2.36. The van der Waals surface area contributed by atoms with Gasteiger partial charge in [0.25, 0.3) is 0 Å². The Morgan fingerprint density at radius 1 is 1.06 bits per heavy atom. The Kier molecular flexibility index (Phi) is 2.30. The summed E-state index contributed by atoms with van der Waals surface area (Å²) in [4.78, 5) is 3.24. The molecule has 92 valence electrons. The van der Waals surface area contributed by atoms with Gasteiger partial charge in [-0.15, -0.1) is 0 Å². The van der Waals surface area contributed by atoms with Crippen LogP contribution < -0.4 is 4.74 Å². The van der Waals surface area contributed by atoms with Crippen LogP contribution in [0.5, 0.6) is 17.2 Å². The number of benzene rings is 2. The number of phenolic OH excluding ortho intramolecular Hbond substituents is 2. The van der Waals surface area contributed by atoms with Gasteiger partial charge in [-0.05, 0) is 31.2 Å². The van der Waals surface area contributed by atoms with Crippen molar-refractivity contribution in [1.29, 1.82) is 0 Å². The molecule has 4 heteroatoms. The molecular formula is C14H13NO3. The lowest BCUT2D eigenvalue weighted by Crippen LogP contribution is -1.91. The maximum atomic E-state index is 9.73. The predicted molar refractivity (Wildman–Crippen MR) is 70.3 cm³/mol. The highest BCUT2D eigenvalue weighted by molar-refractivity contribution is 6.10. The van der Waals surface area contributed by atoms with Crippen LogP contribution in [0.2, 0.25) is 0 Å². The van der Waals surface area contributed by atoms with Gasteiger partial charge in [-0.25, -0.2) is 0 Å². The van der Waals surface area contributed by atoms with Crippen molar-refractivity contribution in [3.63, 3.8) is 0 Å². The summed E-state index contributed by atoms with van der Waals surface area (Å²) < 4.78 is 5.51. The molecule has 18 heavy (non-hydrogen) atoms. The summed E-state index contributed by atoms with van der Waals surface area (Å²) in [6.45, 7) is 2.42. The molecule has 0 saturated heterocycles. The van der Waals surface area contributed by atoms with Gasteiger partial charge in [0, 0.05) is 22.4 Å².